The van der Waals surface area contributed by atoms with Crippen LogP contribution in [0.5, 0.6) is 0 Å². The molecule has 0 spiro atoms. The number of benzene rings is 1. The van der Waals surface area contributed by atoms with Gasteiger partial charge in [-0.1, -0.05) is 50.3 Å². The van der Waals surface area contributed by atoms with Gasteiger partial charge in [0.25, 0.3) is 11.8 Å². The Labute approximate surface area is 144 Å². The van der Waals surface area contributed by atoms with Gasteiger partial charge < -0.3 is 0 Å². The minimum absolute atomic E-state index is 0.0558. The molecule has 130 valence electrons. The van der Waals surface area contributed by atoms with Crippen molar-refractivity contribution < 1.29 is 9.59 Å². The van der Waals surface area contributed by atoms with Crippen LogP contribution in [0.3, 0.4) is 0 Å². The molecule has 2 aliphatic rings. The van der Waals surface area contributed by atoms with Crippen LogP contribution in [0.4, 0.5) is 0 Å². The summed E-state index contributed by atoms with van der Waals surface area (Å²) in [5, 5.41) is 3.48. The van der Waals surface area contributed by atoms with Crippen molar-refractivity contribution in [2.45, 2.75) is 77.3 Å². The molecule has 1 aromatic carbocycles. The van der Waals surface area contributed by atoms with E-state index in [0.717, 1.165) is 31.2 Å². The molecule has 2 fully saturated rings. The highest BCUT2D eigenvalue weighted by Crippen LogP contribution is 2.38. The van der Waals surface area contributed by atoms with E-state index in [-0.39, 0.29) is 17.9 Å². The van der Waals surface area contributed by atoms with Gasteiger partial charge in [-0.15, -0.1) is 0 Å². The lowest BCUT2D eigenvalue weighted by Crippen LogP contribution is -2.78. The quantitative estimate of drug-likeness (QED) is 0.820. The molecular weight excluding hydrogens is 300 g/mol. The fourth-order valence-corrected chi connectivity index (χ4v) is 3.97. The molecule has 1 aliphatic heterocycles. The highest BCUT2D eigenvalue weighted by molar-refractivity contribution is 6.05. The summed E-state index contributed by atoms with van der Waals surface area (Å²) in [7, 11) is 0. The third kappa shape index (κ3) is 2.83. The van der Waals surface area contributed by atoms with Crippen LogP contribution in [0.25, 0.3) is 0 Å². The van der Waals surface area contributed by atoms with E-state index in [2.05, 4.69) is 0 Å². The average molecular weight is 328 g/mol. The Morgan fingerprint density at radius 3 is 2.25 bits per heavy atom. The molecule has 3 rings (SSSR count). The average Bonchev–Trinajstić information content (AvgIpc) is 2.52. The zero-order valence-corrected chi connectivity index (χ0v) is 15.0. The van der Waals surface area contributed by atoms with E-state index in [1.807, 2.05) is 45.0 Å². The highest BCUT2D eigenvalue weighted by Gasteiger charge is 2.57. The predicted molar refractivity (Wildman–Crippen MR) is 94.4 cm³/mol. The zero-order valence-electron chi connectivity index (χ0n) is 15.0. The lowest BCUT2D eigenvalue weighted by Gasteiger charge is -2.58. The van der Waals surface area contributed by atoms with E-state index >= 15 is 0 Å². The molecule has 1 saturated carbocycles. The van der Waals surface area contributed by atoms with Crippen molar-refractivity contribution in [1.82, 2.24) is 10.0 Å². The molecule has 24 heavy (non-hydrogen) atoms. The molecule has 1 heterocycles. The van der Waals surface area contributed by atoms with Crippen LogP contribution in [-0.2, 0) is 4.79 Å². The van der Waals surface area contributed by atoms with Crippen molar-refractivity contribution in [3.05, 3.63) is 35.4 Å². The van der Waals surface area contributed by atoms with Gasteiger partial charge in [0.1, 0.15) is 5.54 Å². The number of hydrazine groups is 1. The summed E-state index contributed by atoms with van der Waals surface area (Å²) in [4.78, 5) is 25.9. The van der Waals surface area contributed by atoms with Crippen molar-refractivity contribution in [1.29, 1.82) is 0 Å². The second kappa shape index (κ2) is 6.58. The fraction of sp³-hybridized carbons (Fsp3) is 0.600. The first-order chi connectivity index (χ1) is 11.4. The summed E-state index contributed by atoms with van der Waals surface area (Å²) in [6.45, 7) is 5.65. The number of carbonyl (C=O) groups excluding carboxylic acids is 2. The van der Waals surface area contributed by atoms with E-state index in [1.165, 1.54) is 19.3 Å². The first-order valence-electron chi connectivity index (χ1n) is 9.18. The third-order valence-corrected chi connectivity index (χ3v) is 5.46. The van der Waals surface area contributed by atoms with E-state index < -0.39 is 5.54 Å². The van der Waals surface area contributed by atoms with Gasteiger partial charge in [0.05, 0.1) is 6.04 Å². The first-order valence-corrected chi connectivity index (χ1v) is 9.18. The Morgan fingerprint density at radius 1 is 1.04 bits per heavy atom. The van der Waals surface area contributed by atoms with Crippen LogP contribution in [-0.4, -0.2) is 33.4 Å². The molecule has 4 heteroatoms. The Hall–Kier alpha value is -1.84. The molecule has 0 aromatic heterocycles. The molecule has 1 saturated heterocycles. The fourth-order valence-electron chi connectivity index (χ4n) is 3.97. The van der Waals surface area contributed by atoms with Crippen LogP contribution in [0, 0.1) is 6.92 Å². The maximum Gasteiger partial charge on any atom is 0.273 e. The maximum absolute atomic E-state index is 13.1. The Balaban J connectivity index is 1.87. The molecule has 0 atom stereocenters. The van der Waals surface area contributed by atoms with Crippen LogP contribution >= 0.6 is 0 Å². The normalized spacial score (nSPS) is 21.9. The summed E-state index contributed by atoms with van der Waals surface area (Å²) < 4.78 is 0. The van der Waals surface area contributed by atoms with Gasteiger partial charge in [-0.05, 0) is 45.2 Å². The number of aryl methyl sites for hydroxylation is 1. The Bertz CT molecular complexity index is 630. The van der Waals surface area contributed by atoms with Crippen LogP contribution in [0.1, 0.15) is 74.7 Å². The van der Waals surface area contributed by atoms with Crippen molar-refractivity contribution in [2.75, 3.05) is 0 Å². The summed E-state index contributed by atoms with van der Waals surface area (Å²) in [6.07, 6.45) is 8.03. The van der Waals surface area contributed by atoms with Gasteiger partial charge in [-0.25, -0.2) is 10.0 Å². The zero-order chi connectivity index (χ0) is 17.3. The summed E-state index contributed by atoms with van der Waals surface area (Å²) in [5.74, 6) is 0.0229. The summed E-state index contributed by atoms with van der Waals surface area (Å²) in [5.41, 5.74) is 0.894. The number of nitrogens with zero attached hydrogens (tertiary/aromatic N) is 2. The topological polar surface area (TPSA) is 40.6 Å². The van der Waals surface area contributed by atoms with Crippen molar-refractivity contribution in [2.24, 2.45) is 0 Å². The minimum Gasteiger partial charge on any atom is -0.270 e. The second-order valence-electron chi connectivity index (χ2n) is 7.64. The number of amides is 2. The molecule has 0 radical (unpaired) electrons. The van der Waals surface area contributed by atoms with Gasteiger partial charge >= 0.3 is 0 Å². The number of hydrogen-bond donors (Lipinski definition) is 0. The van der Waals surface area contributed by atoms with Gasteiger partial charge in [-0.2, -0.15) is 0 Å². The Morgan fingerprint density at radius 2 is 1.62 bits per heavy atom. The number of carbonyl (C=O) groups is 2. The van der Waals surface area contributed by atoms with Gasteiger partial charge in [0.15, 0.2) is 0 Å². The first kappa shape index (κ1) is 17.0. The van der Waals surface area contributed by atoms with Gasteiger partial charge in [-0.3, -0.25) is 9.59 Å². The number of rotatable bonds is 2. The van der Waals surface area contributed by atoms with E-state index in [4.69, 9.17) is 0 Å². The molecule has 1 aliphatic carbocycles. The highest BCUT2D eigenvalue weighted by atomic mass is 16.2. The lowest BCUT2D eigenvalue weighted by atomic mass is 9.89. The SMILES string of the molecule is Cc1ccccc1C(=O)N1N(C2CCCCCCC2)C(=O)C1(C)C. The van der Waals surface area contributed by atoms with Crippen molar-refractivity contribution in [3.63, 3.8) is 0 Å². The maximum atomic E-state index is 13.1. The number of hydrogen-bond acceptors (Lipinski definition) is 2. The molecule has 1 aromatic rings. The van der Waals surface area contributed by atoms with Gasteiger partial charge in [0, 0.05) is 5.56 Å². The van der Waals surface area contributed by atoms with E-state index in [9.17, 15) is 9.59 Å². The molecule has 0 unspecified atom stereocenters. The van der Waals surface area contributed by atoms with E-state index in [1.54, 1.807) is 10.0 Å². The molecule has 4 nitrogen and oxygen atoms in total. The van der Waals surface area contributed by atoms with Crippen LogP contribution in [0.2, 0.25) is 0 Å². The lowest BCUT2D eigenvalue weighted by molar-refractivity contribution is -0.209. The van der Waals surface area contributed by atoms with Gasteiger partial charge in [0.2, 0.25) is 0 Å². The van der Waals surface area contributed by atoms with Crippen molar-refractivity contribution >= 4 is 11.8 Å². The molecule has 2 amide bonds. The summed E-state index contributed by atoms with van der Waals surface area (Å²) in [6, 6.07) is 7.79. The van der Waals surface area contributed by atoms with Crippen LogP contribution < -0.4 is 0 Å². The van der Waals surface area contributed by atoms with Crippen molar-refractivity contribution in [3.8, 4) is 0 Å². The predicted octanol–water partition coefficient (Wildman–Crippen LogP) is 4.09. The second-order valence-corrected chi connectivity index (χ2v) is 7.64. The molecule has 0 bridgehead atoms. The largest absolute Gasteiger partial charge is 0.273 e. The monoisotopic (exact) mass is 328 g/mol. The minimum atomic E-state index is -0.748. The standard InChI is InChI=1S/C20H28N2O2/c1-15-11-9-10-14-17(15)18(23)22-20(2,3)19(24)21(22)16-12-7-5-4-6-8-13-16/h9-11,14,16H,4-8,12-13H2,1-3H3. The smallest absolute Gasteiger partial charge is 0.270 e. The van der Waals surface area contributed by atoms with Crippen LogP contribution in [0.15, 0.2) is 24.3 Å². The third-order valence-electron chi connectivity index (χ3n) is 5.46. The summed E-state index contributed by atoms with van der Waals surface area (Å²) >= 11 is 0. The Kier molecular flexibility index (Phi) is 4.66. The molecule has 0 N–H and O–H groups in total. The molecular formula is C20H28N2O2. The van der Waals surface area contributed by atoms with E-state index in [0.29, 0.717) is 5.56 Å².